The molecule has 1 aromatic heterocycles. The molecule has 2 N–H and O–H groups in total. The second kappa shape index (κ2) is 10.3. The molecule has 0 bridgehead atoms. The van der Waals surface area contributed by atoms with Gasteiger partial charge in [0, 0.05) is 31.6 Å². The number of hydrogen-bond donors (Lipinski definition) is 2. The van der Waals surface area contributed by atoms with E-state index in [4.69, 9.17) is 4.42 Å². The fourth-order valence-corrected chi connectivity index (χ4v) is 1.99. The topological polar surface area (TPSA) is 62.5 Å². The van der Waals surface area contributed by atoms with Crippen molar-refractivity contribution in [1.82, 2.24) is 15.6 Å². The van der Waals surface area contributed by atoms with Crippen LogP contribution in [0.25, 0.3) is 11.5 Å². The zero-order chi connectivity index (χ0) is 16.7. The molecule has 0 spiro atoms. The summed E-state index contributed by atoms with van der Waals surface area (Å²) >= 11 is 0. The van der Waals surface area contributed by atoms with Crippen molar-refractivity contribution < 1.29 is 8.81 Å². The van der Waals surface area contributed by atoms with Gasteiger partial charge >= 0.3 is 0 Å². The van der Waals surface area contributed by atoms with Crippen LogP contribution < -0.4 is 10.6 Å². The summed E-state index contributed by atoms with van der Waals surface area (Å²) in [5.41, 5.74) is 1.61. The van der Waals surface area contributed by atoms with Crippen molar-refractivity contribution in [2.24, 2.45) is 4.99 Å². The molecular formula is C17H24FIN4O. The van der Waals surface area contributed by atoms with E-state index in [0.717, 1.165) is 23.6 Å². The molecule has 0 saturated carbocycles. The van der Waals surface area contributed by atoms with Crippen molar-refractivity contribution >= 4 is 29.9 Å². The minimum atomic E-state index is -0.273. The first-order valence-electron chi connectivity index (χ1n) is 7.80. The van der Waals surface area contributed by atoms with Gasteiger partial charge in [-0.1, -0.05) is 6.92 Å². The summed E-state index contributed by atoms with van der Waals surface area (Å²) in [5, 5.41) is 6.55. The van der Waals surface area contributed by atoms with Crippen LogP contribution in [0.5, 0.6) is 0 Å². The van der Waals surface area contributed by atoms with Gasteiger partial charge in [0.1, 0.15) is 12.1 Å². The van der Waals surface area contributed by atoms with Gasteiger partial charge in [0.25, 0.3) is 0 Å². The summed E-state index contributed by atoms with van der Waals surface area (Å²) in [6.45, 7) is 4.93. The van der Waals surface area contributed by atoms with Crippen LogP contribution in [0.2, 0.25) is 0 Å². The molecule has 0 saturated heterocycles. The van der Waals surface area contributed by atoms with Gasteiger partial charge in [-0.15, -0.1) is 24.0 Å². The number of aliphatic imine (C=N–C) groups is 1. The normalized spacial score (nSPS) is 12.4. The van der Waals surface area contributed by atoms with Crippen LogP contribution in [0, 0.1) is 5.82 Å². The van der Waals surface area contributed by atoms with Crippen LogP contribution in [-0.4, -0.2) is 30.6 Å². The molecule has 7 heteroatoms. The summed E-state index contributed by atoms with van der Waals surface area (Å²) in [6, 6.07) is 6.47. The Kier molecular flexibility index (Phi) is 8.73. The van der Waals surface area contributed by atoms with Gasteiger partial charge in [0.2, 0.25) is 5.89 Å². The maximum Gasteiger partial charge on any atom is 0.226 e. The molecule has 0 amide bonds. The Hall–Kier alpha value is -1.64. The molecule has 5 nitrogen and oxygen atoms in total. The van der Waals surface area contributed by atoms with Crippen LogP contribution >= 0.6 is 24.0 Å². The lowest BCUT2D eigenvalue weighted by atomic mass is 10.2. The lowest BCUT2D eigenvalue weighted by Crippen LogP contribution is -2.42. The number of rotatable bonds is 6. The average Bonchev–Trinajstić information content (AvgIpc) is 3.03. The van der Waals surface area contributed by atoms with Gasteiger partial charge in [0.15, 0.2) is 5.96 Å². The molecule has 24 heavy (non-hydrogen) atoms. The number of aromatic nitrogens is 1. The Morgan fingerprint density at radius 1 is 1.33 bits per heavy atom. The van der Waals surface area contributed by atoms with Crippen LogP contribution in [0.15, 0.2) is 39.9 Å². The highest BCUT2D eigenvalue weighted by molar-refractivity contribution is 14.0. The summed E-state index contributed by atoms with van der Waals surface area (Å²) in [7, 11) is 1.75. The van der Waals surface area contributed by atoms with Crippen molar-refractivity contribution in [2.75, 3.05) is 13.6 Å². The summed E-state index contributed by atoms with van der Waals surface area (Å²) < 4.78 is 18.4. The Balaban J connectivity index is 0.00000288. The summed E-state index contributed by atoms with van der Waals surface area (Å²) in [6.07, 6.45) is 3.38. The number of nitrogens with zero attached hydrogens (tertiary/aromatic N) is 2. The fourth-order valence-electron chi connectivity index (χ4n) is 1.99. The lowest BCUT2D eigenvalue weighted by molar-refractivity contribution is 0.571. The third-order valence-corrected chi connectivity index (χ3v) is 3.54. The van der Waals surface area contributed by atoms with E-state index in [1.54, 1.807) is 25.4 Å². The molecule has 2 aromatic rings. The molecule has 0 aliphatic heterocycles. The molecule has 1 aromatic carbocycles. The highest BCUT2D eigenvalue weighted by atomic mass is 127. The number of benzene rings is 1. The van der Waals surface area contributed by atoms with E-state index < -0.39 is 0 Å². The van der Waals surface area contributed by atoms with Crippen LogP contribution in [0.4, 0.5) is 4.39 Å². The van der Waals surface area contributed by atoms with Gasteiger partial charge in [-0.25, -0.2) is 9.37 Å². The van der Waals surface area contributed by atoms with Gasteiger partial charge in [-0.05, 0) is 37.6 Å². The number of guanidine groups is 1. The number of nitrogens with one attached hydrogen (secondary N) is 2. The van der Waals surface area contributed by atoms with E-state index >= 15 is 0 Å². The quantitative estimate of drug-likeness (QED) is 0.405. The molecule has 1 heterocycles. The first-order valence-corrected chi connectivity index (χ1v) is 7.80. The van der Waals surface area contributed by atoms with Gasteiger partial charge in [0.05, 0.1) is 5.69 Å². The zero-order valence-electron chi connectivity index (χ0n) is 14.2. The largest absolute Gasteiger partial charge is 0.444 e. The maximum absolute atomic E-state index is 12.9. The molecule has 0 fully saturated rings. The van der Waals surface area contributed by atoms with Crippen molar-refractivity contribution in [3.63, 3.8) is 0 Å². The Morgan fingerprint density at radius 3 is 2.67 bits per heavy atom. The Labute approximate surface area is 159 Å². The molecule has 1 atom stereocenters. The number of halogens is 2. The standard InChI is InChI=1S/C17H23FN4O.HI/c1-4-12(2)21-17(19-3)20-10-9-15-11-23-16(22-15)13-5-7-14(18)8-6-13;/h5-8,11-12H,4,9-10H2,1-3H3,(H2,19,20,21);1H. The van der Waals surface area contributed by atoms with Crippen molar-refractivity contribution in [3.05, 3.63) is 42.0 Å². The second-order valence-corrected chi connectivity index (χ2v) is 5.35. The first kappa shape index (κ1) is 20.4. The minimum absolute atomic E-state index is 0. The second-order valence-electron chi connectivity index (χ2n) is 5.35. The Morgan fingerprint density at radius 2 is 2.04 bits per heavy atom. The van der Waals surface area contributed by atoms with Crippen molar-refractivity contribution in [2.45, 2.75) is 32.7 Å². The molecule has 2 rings (SSSR count). The molecule has 132 valence electrons. The highest BCUT2D eigenvalue weighted by Crippen LogP contribution is 2.18. The SMILES string of the molecule is CCC(C)NC(=NC)NCCc1coc(-c2ccc(F)cc2)n1.I. The van der Waals surface area contributed by atoms with Crippen LogP contribution in [-0.2, 0) is 6.42 Å². The van der Waals surface area contributed by atoms with E-state index in [0.29, 0.717) is 24.9 Å². The Bertz CT molecular complexity index is 642. The smallest absolute Gasteiger partial charge is 0.226 e. The molecule has 1 unspecified atom stereocenters. The van der Waals surface area contributed by atoms with Crippen molar-refractivity contribution in [3.8, 4) is 11.5 Å². The number of hydrogen-bond acceptors (Lipinski definition) is 3. The van der Waals surface area contributed by atoms with E-state index in [-0.39, 0.29) is 29.8 Å². The highest BCUT2D eigenvalue weighted by Gasteiger charge is 2.07. The van der Waals surface area contributed by atoms with Crippen LogP contribution in [0.1, 0.15) is 26.0 Å². The predicted octanol–water partition coefficient (Wildman–Crippen LogP) is 3.60. The third-order valence-electron chi connectivity index (χ3n) is 3.54. The molecule has 0 aliphatic rings. The van der Waals surface area contributed by atoms with Crippen LogP contribution in [0.3, 0.4) is 0 Å². The summed E-state index contributed by atoms with van der Waals surface area (Å²) in [5.74, 6) is 1.01. The van der Waals surface area contributed by atoms with Gasteiger partial charge in [-0.3, -0.25) is 4.99 Å². The van der Waals surface area contributed by atoms with Gasteiger partial charge in [-0.2, -0.15) is 0 Å². The first-order chi connectivity index (χ1) is 11.1. The zero-order valence-corrected chi connectivity index (χ0v) is 16.5. The molecule has 0 radical (unpaired) electrons. The predicted molar refractivity (Wildman–Crippen MR) is 105 cm³/mol. The lowest BCUT2D eigenvalue weighted by Gasteiger charge is -2.15. The average molecular weight is 446 g/mol. The van der Waals surface area contributed by atoms with Crippen molar-refractivity contribution in [1.29, 1.82) is 0 Å². The van der Waals surface area contributed by atoms with E-state index in [1.807, 2.05) is 0 Å². The molecule has 0 aliphatic carbocycles. The number of oxazole rings is 1. The van der Waals surface area contributed by atoms with E-state index in [2.05, 4.69) is 34.5 Å². The summed E-state index contributed by atoms with van der Waals surface area (Å²) in [4.78, 5) is 8.60. The van der Waals surface area contributed by atoms with E-state index in [9.17, 15) is 4.39 Å². The fraction of sp³-hybridized carbons (Fsp3) is 0.412. The van der Waals surface area contributed by atoms with Gasteiger partial charge < -0.3 is 15.1 Å². The minimum Gasteiger partial charge on any atom is -0.444 e. The maximum atomic E-state index is 12.9. The molecular weight excluding hydrogens is 422 g/mol. The van der Waals surface area contributed by atoms with E-state index in [1.165, 1.54) is 12.1 Å². The third kappa shape index (κ3) is 6.10. The monoisotopic (exact) mass is 446 g/mol.